The van der Waals surface area contributed by atoms with E-state index in [4.69, 9.17) is 15.7 Å². The van der Waals surface area contributed by atoms with Crippen LogP contribution in [0, 0.1) is 11.3 Å². The summed E-state index contributed by atoms with van der Waals surface area (Å²) in [5.74, 6) is 2.03. The number of ether oxygens (including phenoxy) is 1. The molecule has 2 aliphatic rings. The van der Waals surface area contributed by atoms with Gasteiger partial charge in [-0.25, -0.2) is 9.97 Å². The third-order valence-electron chi connectivity index (χ3n) is 4.43. The third-order valence-corrected chi connectivity index (χ3v) is 4.43. The fourth-order valence-electron chi connectivity index (χ4n) is 2.99. The summed E-state index contributed by atoms with van der Waals surface area (Å²) in [6.45, 7) is 0. The molecule has 8 heteroatoms. The number of hydrogen-bond acceptors (Lipinski definition) is 7. The van der Waals surface area contributed by atoms with E-state index in [0.29, 0.717) is 11.6 Å². The molecule has 0 aliphatic heterocycles. The summed E-state index contributed by atoms with van der Waals surface area (Å²) in [6.07, 6.45) is 11.1. The van der Waals surface area contributed by atoms with Crippen LogP contribution >= 0.6 is 0 Å². The number of anilines is 2. The maximum atomic E-state index is 8.77. The average Bonchev–Trinajstić information content (AvgIpc) is 3.10. The first kappa shape index (κ1) is 16.3. The van der Waals surface area contributed by atoms with Gasteiger partial charge in [0.1, 0.15) is 23.8 Å². The molecule has 4 rings (SSSR count). The molecule has 132 valence electrons. The van der Waals surface area contributed by atoms with E-state index in [2.05, 4.69) is 37.6 Å². The molecule has 1 saturated carbocycles. The number of hydrogen-bond donors (Lipinski definition) is 3. The van der Waals surface area contributed by atoms with E-state index >= 15 is 0 Å². The summed E-state index contributed by atoms with van der Waals surface area (Å²) in [5, 5.41) is 19.2. The number of aromatic nitrogens is 4. The van der Waals surface area contributed by atoms with Crippen LogP contribution in [0.15, 0.2) is 36.4 Å². The molecule has 4 N–H and O–H groups in total. The minimum Gasteiger partial charge on any atom is -0.490 e. The van der Waals surface area contributed by atoms with Crippen LogP contribution in [-0.2, 0) is 4.74 Å². The summed E-state index contributed by atoms with van der Waals surface area (Å²) >= 11 is 0. The normalized spacial score (nSPS) is 21.8. The second-order valence-corrected chi connectivity index (χ2v) is 6.43. The lowest BCUT2D eigenvalue weighted by molar-refractivity contribution is 0.0456. The molecule has 2 aromatic heterocycles. The van der Waals surface area contributed by atoms with Crippen molar-refractivity contribution in [2.75, 3.05) is 5.32 Å². The van der Waals surface area contributed by atoms with Crippen LogP contribution in [0.4, 0.5) is 11.6 Å². The molecular formula is C18H19N7O. The highest BCUT2D eigenvalue weighted by atomic mass is 16.5. The molecule has 0 atom stereocenters. The van der Waals surface area contributed by atoms with Crippen LogP contribution < -0.4 is 11.1 Å². The van der Waals surface area contributed by atoms with Gasteiger partial charge in [0.2, 0.25) is 0 Å². The first-order valence-electron chi connectivity index (χ1n) is 8.59. The maximum Gasteiger partial charge on any atom is 0.158 e. The zero-order chi connectivity index (χ0) is 17.9. The Hall–Kier alpha value is -3.18. The predicted octanol–water partition coefficient (Wildman–Crippen LogP) is 2.38. The summed E-state index contributed by atoms with van der Waals surface area (Å²) in [6, 6.07) is 4.10. The van der Waals surface area contributed by atoms with E-state index < -0.39 is 0 Å². The summed E-state index contributed by atoms with van der Waals surface area (Å²) < 4.78 is 6.11. The van der Waals surface area contributed by atoms with Gasteiger partial charge >= 0.3 is 0 Å². The summed E-state index contributed by atoms with van der Waals surface area (Å²) in [7, 11) is 0. The molecule has 0 radical (unpaired) electrons. The highest BCUT2D eigenvalue weighted by Gasteiger charge is 2.29. The van der Waals surface area contributed by atoms with Crippen molar-refractivity contribution in [2.45, 2.75) is 37.8 Å². The van der Waals surface area contributed by atoms with Gasteiger partial charge in [-0.05, 0) is 31.8 Å². The predicted molar refractivity (Wildman–Crippen MR) is 96.0 cm³/mol. The third kappa shape index (κ3) is 3.43. The van der Waals surface area contributed by atoms with Crippen LogP contribution in [0.3, 0.4) is 0 Å². The number of nitrogens with zero attached hydrogens (tertiary/aromatic N) is 4. The van der Waals surface area contributed by atoms with Crippen molar-refractivity contribution in [3.63, 3.8) is 0 Å². The van der Waals surface area contributed by atoms with Gasteiger partial charge < -0.3 is 15.8 Å². The zero-order valence-corrected chi connectivity index (χ0v) is 14.1. The SMILES string of the molecule is N#Cc1cnc(Nc2cc(C3=CCCC=C3OC3CC(N)C3)[nH]n2)cn1. The lowest BCUT2D eigenvalue weighted by Crippen LogP contribution is -2.41. The monoisotopic (exact) mass is 349 g/mol. The molecule has 2 aliphatic carbocycles. The molecule has 2 aromatic rings. The summed E-state index contributed by atoms with van der Waals surface area (Å²) in [5.41, 5.74) is 8.01. The van der Waals surface area contributed by atoms with E-state index in [0.717, 1.165) is 42.7 Å². The lowest BCUT2D eigenvalue weighted by atomic mass is 9.90. The van der Waals surface area contributed by atoms with Gasteiger partial charge in [0.05, 0.1) is 18.1 Å². The molecule has 0 amide bonds. The van der Waals surface area contributed by atoms with Gasteiger partial charge in [-0.3, -0.25) is 5.10 Å². The van der Waals surface area contributed by atoms with E-state index in [1.807, 2.05) is 12.1 Å². The number of aromatic amines is 1. The molecule has 0 unspecified atom stereocenters. The van der Waals surface area contributed by atoms with E-state index in [1.54, 1.807) is 0 Å². The fourth-order valence-corrected chi connectivity index (χ4v) is 2.99. The Bertz CT molecular complexity index is 885. The Labute approximate surface area is 150 Å². The number of H-pyrrole nitrogens is 1. The van der Waals surface area contributed by atoms with Gasteiger partial charge in [0, 0.05) is 17.7 Å². The fraction of sp³-hybridized carbons (Fsp3) is 0.333. The van der Waals surface area contributed by atoms with Gasteiger partial charge in [0.15, 0.2) is 11.5 Å². The molecule has 1 fully saturated rings. The zero-order valence-electron chi connectivity index (χ0n) is 14.1. The number of rotatable bonds is 5. The van der Waals surface area contributed by atoms with Crippen molar-refractivity contribution in [3.8, 4) is 6.07 Å². The van der Waals surface area contributed by atoms with Crippen molar-refractivity contribution >= 4 is 17.2 Å². The molecule has 2 heterocycles. The Morgan fingerprint density at radius 1 is 1.19 bits per heavy atom. The quantitative estimate of drug-likeness (QED) is 0.756. The minimum atomic E-state index is 0.201. The van der Waals surface area contributed by atoms with Crippen molar-refractivity contribution in [1.82, 2.24) is 20.2 Å². The highest BCUT2D eigenvalue weighted by molar-refractivity contribution is 5.77. The van der Waals surface area contributed by atoms with Gasteiger partial charge in [-0.15, -0.1) is 0 Å². The molecule has 0 bridgehead atoms. The molecule has 8 nitrogen and oxygen atoms in total. The van der Waals surface area contributed by atoms with Crippen molar-refractivity contribution in [2.24, 2.45) is 5.73 Å². The van der Waals surface area contributed by atoms with Gasteiger partial charge in [0.25, 0.3) is 0 Å². The van der Waals surface area contributed by atoms with E-state index in [9.17, 15) is 0 Å². The highest BCUT2D eigenvalue weighted by Crippen LogP contribution is 2.33. The Balaban J connectivity index is 1.46. The van der Waals surface area contributed by atoms with Crippen LogP contribution in [-0.4, -0.2) is 32.3 Å². The Morgan fingerprint density at radius 2 is 2.04 bits per heavy atom. The number of nitriles is 1. The lowest BCUT2D eigenvalue weighted by Gasteiger charge is -2.34. The topological polar surface area (TPSA) is 126 Å². The number of allylic oxidation sites excluding steroid dienone is 3. The van der Waals surface area contributed by atoms with Crippen LogP contribution in [0.25, 0.3) is 5.57 Å². The van der Waals surface area contributed by atoms with E-state index in [1.165, 1.54) is 12.4 Å². The van der Waals surface area contributed by atoms with Gasteiger partial charge in [-0.1, -0.05) is 6.08 Å². The summed E-state index contributed by atoms with van der Waals surface area (Å²) in [4.78, 5) is 8.12. The van der Waals surface area contributed by atoms with Crippen molar-refractivity contribution in [3.05, 3.63) is 47.8 Å². The number of nitrogens with two attached hydrogens (primary N) is 1. The first-order valence-corrected chi connectivity index (χ1v) is 8.59. The average molecular weight is 349 g/mol. The second kappa shape index (κ2) is 6.98. The van der Waals surface area contributed by atoms with Crippen LogP contribution in [0.5, 0.6) is 0 Å². The van der Waals surface area contributed by atoms with Crippen molar-refractivity contribution in [1.29, 1.82) is 5.26 Å². The van der Waals surface area contributed by atoms with E-state index in [-0.39, 0.29) is 17.8 Å². The molecular weight excluding hydrogens is 330 g/mol. The molecule has 0 spiro atoms. The minimum absolute atomic E-state index is 0.201. The maximum absolute atomic E-state index is 8.77. The van der Waals surface area contributed by atoms with Crippen LogP contribution in [0.2, 0.25) is 0 Å². The molecule has 26 heavy (non-hydrogen) atoms. The van der Waals surface area contributed by atoms with Crippen LogP contribution in [0.1, 0.15) is 37.1 Å². The molecule has 0 aromatic carbocycles. The molecule has 0 saturated heterocycles. The Kier molecular flexibility index (Phi) is 4.37. The largest absolute Gasteiger partial charge is 0.490 e. The first-order chi connectivity index (χ1) is 12.7. The van der Waals surface area contributed by atoms with Gasteiger partial charge in [-0.2, -0.15) is 10.4 Å². The second-order valence-electron chi connectivity index (χ2n) is 6.43. The standard InChI is InChI=1S/C18H19N7O/c19-8-12-9-22-18(10-21-12)23-17-7-15(24-25-17)14-3-1-2-4-16(14)26-13-5-11(20)6-13/h3-4,7,9-11,13H,1-2,5-6,20H2,(H2,22,23,24,25). The Morgan fingerprint density at radius 3 is 2.77 bits per heavy atom. The van der Waals surface area contributed by atoms with Crippen molar-refractivity contribution < 1.29 is 4.74 Å². The number of nitrogens with one attached hydrogen (secondary N) is 2. The smallest absolute Gasteiger partial charge is 0.158 e.